The highest BCUT2D eigenvalue weighted by Crippen LogP contribution is 2.36. The van der Waals surface area contributed by atoms with Crippen LogP contribution >= 0.6 is 11.6 Å². The molecule has 3 heteroatoms. The minimum absolute atomic E-state index is 0.143. The smallest absolute Gasteiger partial charge is 0.122 e. The van der Waals surface area contributed by atoms with E-state index < -0.39 is 0 Å². The third-order valence-corrected chi connectivity index (χ3v) is 3.30. The summed E-state index contributed by atoms with van der Waals surface area (Å²) in [6, 6.07) is 7.83. The van der Waals surface area contributed by atoms with Gasteiger partial charge in [0.25, 0.3) is 0 Å². The number of nitrogens with zero attached hydrogens (tertiary/aromatic N) is 1. The number of halogens is 1. The van der Waals surface area contributed by atoms with Crippen LogP contribution in [0.2, 0.25) is 0 Å². The van der Waals surface area contributed by atoms with Crippen LogP contribution in [-0.2, 0) is 0 Å². The molecule has 16 heavy (non-hydrogen) atoms. The molecule has 0 radical (unpaired) electrons. The van der Waals surface area contributed by atoms with E-state index >= 15 is 0 Å². The van der Waals surface area contributed by atoms with Gasteiger partial charge < -0.3 is 4.42 Å². The Labute approximate surface area is 100 Å². The van der Waals surface area contributed by atoms with Crippen LogP contribution in [0.1, 0.15) is 35.3 Å². The molecule has 0 aliphatic rings. The zero-order valence-electron chi connectivity index (χ0n) is 9.35. The molecular weight excluding hydrogens is 222 g/mol. The lowest BCUT2D eigenvalue weighted by Gasteiger charge is -2.16. The molecule has 0 N–H and O–H groups in total. The molecule has 2 atom stereocenters. The molecule has 2 aromatic heterocycles. The molecule has 2 rings (SSSR count). The van der Waals surface area contributed by atoms with Crippen molar-refractivity contribution in [2.45, 2.75) is 25.1 Å². The third kappa shape index (κ3) is 2.27. The molecule has 0 saturated carbocycles. The molecule has 2 aromatic rings. The average molecular weight is 236 g/mol. The Morgan fingerprint density at radius 2 is 1.88 bits per heavy atom. The van der Waals surface area contributed by atoms with Gasteiger partial charge in [0.1, 0.15) is 11.5 Å². The third-order valence-electron chi connectivity index (χ3n) is 2.70. The lowest BCUT2D eigenvalue weighted by Crippen LogP contribution is -2.01. The SMILES string of the molecule is Cc1ccc(C(Cl)C(C)c2ccncc2)o1. The van der Waals surface area contributed by atoms with E-state index in [1.54, 1.807) is 12.4 Å². The van der Waals surface area contributed by atoms with Crippen LogP contribution in [0.15, 0.2) is 41.1 Å². The molecule has 0 spiro atoms. The van der Waals surface area contributed by atoms with Crippen molar-refractivity contribution in [3.8, 4) is 0 Å². The fourth-order valence-corrected chi connectivity index (χ4v) is 1.95. The van der Waals surface area contributed by atoms with E-state index in [4.69, 9.17) is 16.0 Å². The van der Waals surface area contributed by atoms with Gasteiger partial charge in [0.2, 0.25) is 0 Å². The average Bonchev–Trinajstić information content (AvgIpc) is 2.75. The zero-order valence-corrected chi connectivity index (χ0v) is 10.1. The van der Waals surface area contributed by atoms with Crippen molar-refractivity contribution >= 4 is 11.6 Å². The highest BCUT2D eigenvalue weighted by atomic mass is 35.5. The molecule has 0 aromatic carbocycles. The van der Waals surface area contributed by atoms with Gasteiger partial charge in [-0.3, -0.25) is 4.98 Å². The number of furan rings is 1. The molecular formula is C13H14ClNO. The van der Waals surface area contributed by atoms with Gasteiger partial charge >= 0.3 is 0 Å². The van der Waals surface area contributed by atoms with Crippen LogP contribution in [0, 0.1) is 6.92 Å². The van der Waals surface area contributed by atoms with Gasteiger partial charge in [-0.2, -0.15) is 0 Å². The Bertz CT molecular complexity index is 452. The number of rotatable bonds is 3. The Kier molecular flexibility index (Phi) is 3.30. The van der Waals surface area contributed by atoms with Gasteiger partial charge in [-0.15, -0.1) is 11.6 Å². The first-order valence-electron chi connectivity index (χ1n) is 5.29. The minimum atomic E-state index is -0.143. The van der Waals surface area contributed by atoms with Crippen molar-refractivity contribution in [3.05, 3.63) is 53.7 Å². The molecule has 0 amide bonds. The van der Waals surface area contributed by atoms with E-state index in [0.29, 0.717) is 0 Å². The highest BCUT2D eigenvalue weighted by Gasteiger charge is 2.21. The van der Waals surface area contributed by atoms with Crippen LogP contribution < -0.4 is 0 Å². The van der Waals surface area contributed by atoms with E-state index in [1.807, 2.05) is 31.2 Å². The summed E-state index contributed by atoms with van der Waals surface area (Å²) >= 11 is 6.39. The lowest BCUT2D eigenvalue weighted by molar-refractivity contribution is 0.462. The quantitative estimate of drug-likeness (QED) is 0.750. The predicted molar refractivity (Wildman–Crippen MR) is 64.7 cm³/mol. The Balaban J connectivity index is 2.19. The van der Waals surface area contributed by atoms with Gasteiger partial charge in [0.15, 0.2) is 0 Å². The minimum Gasteiger partial charge on any atom is -0.465 e. The maximum atomic E-state index is 6.39. The van der Waals surface area contributed by atoms with E-state index in [0.717, 1.165) is 11.5 Å². The normalized spacial score (nSPS) is 14.7. The molecule has 0 aliphatic heterocycles. The molecule has 0 bridgehead atoms. The van der Waals surface area contributed by atoms with Crippen molar-refractivity contribution in [1.29, 1.82) is 0 Å². The Morgan fingerprint density at radius 1 is 1.19 bits per heavy atom. The van der Waals surface area contributed by atoms with E-state index in [9.17, 15) is 0 Å². The van der Waals surface area contributed by atoms with Crippen molar-refractivity contribution in [2.75, 3.05) is 0 Å². The molecule has 2 heterocycles. The number of pyridine rings is 1. The van der Waals surface area contributed by atoms with Crippen molar-refractivity contribution < 1.29 is 4.42 Å². The standard InChI is InChI=1S/C13H14ClNO/c1-9-3-4-12(16-9)13(14)10(2)11-5-7-15-8-6-11/h3-8,10,13H,1-2H3. The highest BCUT2D eigenvalue weighted by molar-refractivity contribution is 6.21. The van der Waals surface area contributed by atoms with Crippen molar-refractivity contribution in [1.82, 2.24) is 4.98 Å². The first kappa shape index (κ1) is 11.2. The maximum Gasteiger partial charge on any atom is 0.122 e. The number of aryl methyl sites for hydroxylation is 1. The zero-order chi connectivity index (χ0) is 11.5. The molecule has 84 valence electrons. The first-order valence-corrected chi connectivity index (χ1v) is 5.72. The fraction of sp³-hybridized carbons (Fsp3) is 0.308. The summed E-state index contributed by atoms with van der Waals surface area (Å²) in [4.78, 5) is 4.00. The van der Waals surface area contributed by atoms with Crippen LogP contribution in [0.25, 0.3) is 0 Å². The van der Waals surface area contributed by atoms with Crippen LogP contribution in [0.3, 0.4) is 0 Å². The number of hydrogen-bond donors (Lipinski definition) is 0. The van der Waals surface area contributed by atoms with Crippen molar-refractivity contribution in [3.63, 3.8) is 0 Å². The number of aromatic nitrogens is 1. The summed E-state index contributed by atoms with van der Waals surface area (Å²) in [6.07, 6.45) is 3.56. The topological polar surface area (TPSA) is 26.0 Å². The molecule has 0 saturated heterocycles. The summed E-state index contributed by atoms with van der Waals surface area (Å²) < 4.78 is 5.54. The second-order valence-corrected chi connectivity index (χ2v) is 4.39. The summed E-state index contributed by atoms with van der Waals surface area (Å²) in [5.41, 5.74) is 1.17. The largest absolute Gasteiger partial charge is 0.465 e. The van der Waals surface area contributed by atoms with Crippen LogP contribution in [0.5, 0.6) is 0 Å². The molecule has 0 aliphatic carbocycles. The second-order valence-electron chi connectivity index (χ2n) is 3.92. The van der Waals surface area contributed by atoms with E-state index in [1.165, 1.54) is 5.56 Å². The lowest BCUT2D eigenvalue weighted by atomic mass is 9.97. The van der Waals surface area contributed by atoms with Crippen molar-refractivity contribution in [2.24, 2.45) is 0 Å². The second kappa shape index (κ2) is 4.71. The Hall–Kier alpha value is -1.28. The summed E-state index contributed by atoms with van der Waals surface area (Å²) in [5, 5.41) is -0.143. The molecule has 0 fully saturated rings. The van der Waals surface area contributed by atoms with E-state index in [-0.39, 0.29) is 11.3 Å². The fourth-order valence-electron chi connectivity index (χ4n) is 1.68. The van der Waals surface area contributed by atoms with Gasteiger partial charge in [0, 0.05) is 18.3 Å². The summed E-state index contributed by atoms with van der Waals surface area (Å²) in [7, 11) is 0. The van der Waals surface area contributed by atoms with E-state index in [2.05, 4.69) is 11.9 Å². The van der Waals surface area contributed by atoms with Gasteiger partial charge in [-0.25, -0.2) is 0 Å². The molecule has 2 unspecified atom stereocenters. The number of hydrogen-bond acceptors (Lipinski definition) is 2. The molecule has 2 nitrogen and oxygen atoms in total. The maximum absolute atomic E-state index is 6.39. The van der Waals surface area contributed by atoms with Gasteiger partial charge in [-0.05, 0) is 36.8 Å². The Morgan fingerprint density at radius 3 is 2.44 bits per heavy atom. The monoisotopic (exact) mass is 235 g/mol. The summed E-state index contributed by atoms with van der Waals surface area (Å²) in [6.45, 7) is 4.01. The first-order chi connectivity index (χ1) is 7.68. The number of alkyl halides is 1. The van der Waals surface area contributed by atoms with Gasteiger partial charge in [-0.1, -0.05) is 6.92 Å². The van der Waals surface area contributed by atoms with Crippen LogP contribution in [0.4, 0.5) is 0 Å². The van der Waals surface area contributed by atoms with Crippen LogP contribution in [-0.4, -0.2) is 4.98 Å². The predicted octanol–water partition coefficient (Wildman–Crippen LogP) is 4.07. The summed E-state index contributed by atoms with van der Waals surface area (Å²) in [5.74, 6) is 1.92. The van der Waals surface area contributed by atoms with Gasteiger partial charge in [0.05, 0.1) is 5.38 Å².